The van der Waals surface area contributed by atoms with Crippen LogP contribution in [0.4, 0.5) is 0 Å². The molecule has 48 heavy (non-hydrogen) atoms. The maximum atomic E-state index is 2.54. The number of para-hydroxylation sites is 4. The first kappa shape index (κ1) is 28.7. The summed E-state index contributed by atoms with van der Waals surface area (Å²) in [6, 6.07) is 45.7. The zero-order valence-electron chi connectivity index (χ0n) is 27.4. The van der Waals surface area contributed by atoms with Gasteiger partial charge in [0.1, 0.15) is 0 Å². The average molecular weight is 749 g/mol. The quantitative estimate of drug-likeness (QED) is 0.159. The monoisotopic (exact) mass is 750 g/mol. The van der Waals surface area contributed by atoms with Crippen LogP contribution in [0.3, 0.4) is 0 Å². The summed E-state index contributed by atoms with van der Waals surface area (Å²) >= 11 is 0.674. The molecule has 0 N–H and O–H groups in total. The SMILES string of the molecule is CC(C)c1cc(-n2c3ccccc3c3ccccc32)cc2c1[se]c1[se]c3c(C(C)C)cc(-n4c5ccccc5c5ccccc54)cc3c12. The molecule has 2 nitrogen and oxygen atoms in total. The first-order valence-electron chi connectivity index (χ1n) is 16.9. The summed E-state index contributed by atoms with van der Waals surface area (Å²) < 4.78 is 9.94. The minimum atomic E-state index is 0.337. The molecule has 0 unspecified atom stereocenters. The molecule has 0 bridgehead atoms. The molecule has 10 rings (SSSR count). The standard InChI is InChI=1S/C44H34N2Se2/c1-25(2)33-21-27(45-37-17-9-5-13-29(37)30-14-6-10-18-38(30)45)23-35-41-36-24-28(22-34(26(3)4)43(36)48-44(41)47-42(33)35)46-39-19-11-7-15-31(39)32-16-8-12-20-40(32)46/h5-26H,1-4H3. The number of fused-ring (bicyclic) bond motifs is 11. The van der Waals surface area contributed by atoms with Crippen molar-refractivity contribution in [3.05, 3.63) is 132 Å². The van der Waals surface area contributed by atoms with Crippen LogP contribution in [0.1, 0.15) is 50.7 Å². The van der Waals surface area contributed by atoms with Crippen molar-refractivity contribution in [3.8, 4) is 11.4 Å². The fourth-order valence-electron chi connectivity index (χ4n) is 8.06. The van der Waals surface area contributed by atoms with Crippen molar-refractivity contribution >= 4 is 100 Å². The Morgan fingerprint density at radius 2 is 0.750 bits per heavy atom. The fraction of sp³-hybridized carbons (Fsp3) is 0.136. The molecule has 0 spiro atoms. The van der Waals surface area contributed by atoms with Crippen LogP contribution in [0.15, 0.2) is 121 Å². The summed E-state index contributed by atoms with van der Waals surface area (Å²) in [6.07, 6.45) is 0. The third kappa shape index (κ3) is 3.98. The third-order valence-electron chi connectivity index (χ3n) is 10.3. The van der Waals surface area contributed by atoms with Crippen molar-refractivity contribution in [3.63, 3.8) is 0 Å². The van der Waals surface area contributed by atoms with Gasteiger partial charge in [0.15, 0.2) is 0 Å². The van der Waals surface area contributed by atoms with Gasteiger partial charge in [0, 0.05) is 0 Å². The Labute approximate surface area is 291 Å². The van der Waals surface area contributed by atoms with Crippen molar-refractivity contribution in [2.45, 2.75) is 39.5 Å². The molecule has 4 aromatic heterocycles. The first-order chi connectivity index (χ1) is 23.5. The van der Waals surface area contributed by atoms with Gasteiger partial charge in [-0.1, -0.05) is 0 Å². The van der Waals surface area contributed by atoms with Crippen molar-refractivity contribution in [2.75, 3.05) is 0 Å². The molecule has 0 aliphatic heterocycles. The molecule has 4 heteroatoms. The second-order valence-corrected chi connectivity index (χ2v) is 19.3. The maximum absolute atomic E-state index is 2.54. The van der Waals surface area contributed by atoms with Crippen LogP contribution in [0.2, 0.25) is 0 Å². The molecular weight excluding hydrogens is 714 g/mol. The molecule has 0 saturated carbocycles. The van der Waals surface area contributed by atoms with E-state index >= 15 is 0 Å². The van der Waals surface area contributed by atoms with E-state index in [1.165, 1.54) is 82.3 Å². The molecule has 0 amide bonds. The summed E-state index contributed by atoms with van der Waals surface area (Å²) in [6.45, 7) is 9.50. The summed E-state index contributed by atoms with van der Waals surface area (Å²) in [5.41, 5.74) is 10.7. The molecule has 0 aliphatic rings. The number of hydrogen-bond acceptors (Lipinski definition) is 0. The van der Waals surface area contributed by atoms with Crippen LogP contribution >= 0.6 is 0 Å². The van der Waals surface area contributed by atoms with Crippen LogP contribution in [0, 0.1) is 0 Å². The second-order valence-electron chi connectivity index (χ2n) is 13.7. The summed E-state index contributed by atoms with van der Waals surface area (Å²) in [5.74, 6) is 0.909. The Morgan fingerprint density at radius 3 is 1.08 bits per heavy atom. The van der Waals surface area contributed by atoms with Gasteiger partial charge in [-0.3, -0.25) is 0 Å². The zero-order valence-corrected chi connectivity index (χ0v) is 30.8. The molecule has 4 heterocycles. The van der Waals surface area contributed by atoms with Gasteiger partial charge in [0.2, 0.25) is 0 Å². The minimum absolute atomic E-state index is 0.337. The Morgan fingerprint density at radius 1 is 0.417 bits per heavy atom. The molecule has 0 atom stereocenters. The second kappa shape index (κ2) is 10.6. The van der Waals surface area contributed by atoms with E-state index in [2.05, 4.69) is 158 Å². The fourth-order valence-corrected chi connectivity index (χ4v) is 15.4. The van der Waals surface area contributed by atoms with E-state index in [1.54, 1.807) is 11.7 Å². The van der Waals surface area contributed by atoms with Gasteiger partial charge in [-0.2, -0.15) is 0 Å². The molecule has 0 radical (unpaired) electrons. The first-order valence-corrected chi connectivity index (χ1v) is 20.3. The molecule has 0 saturated heterocycles. The van der Waals surface area contributed by atoms with Crippen molar-refractivity contribution in [1.82, 2.24) is 9.13 Å². The number of nitrogens with zero attached hydrogens (tertiary/aromatic N) is 2. The molecule has 0 fully saturated rings. The van der Waals surface area contributed by atoms with Crippen LogP contribution in [-0.4, -0.2) is 38.1 Å². The number of rotatable bonds is 4. The van der Waals surface area contributed by atoms with Crippen LogP contribution in [-0.2, 0) is 0 Å². The van der Waals surface area contributed by atoms with E-state index in [0.717, 1.165) is 0 Å². The zero-order chi connectivity index (χ0) is 32.3. The number of hydrogen-bond donors (Lipinski definition) is 0. The Bertz CT molecular complexity index is 2600. The van der Waals surface area contributed by atoms with E-state index < -0.39 is 0 Å². The molecule has 232 valence electrons. The van der Waals surface area contributed by atoms with Gasteiger partial charge >= 0.3 is 293 Å². The Balaban J connectivity index is 1.33. The van der Waals surface area contributed by atoms with E-state index in [9.17, 15) is 0 Å². The van der Waals surface area contributed by atoms with Gasteiger partial charge in [-0.25, -0.2) is 0 Å². The predicted molar refractivity (Wildman–Crippen MR) is 210 cm³/mol. The summed E-state index contributed by atoms with van der Waals surface area (Å²) in [7, 11) is 0. The van der Waals surface area contributed by atoms with Gasteiger partial charge in [-0.05, 0) is 0 Å². The Kier molecular flexibility index (Phi) is 6.33. The van der Waals surface area contributed by atoms with Crippen LogP contribution in [0.5, 0.6) is 0 Å². The third-order valence-corrected chi connectivity index (χ3v) is 16.5. The van der Waals surface area contributed by atoms with Crippen LogP contribution < -0.4 is 0 Å². The van der Waals surface area contributed by atoms with Gasteiger partial charge in [0.05, 0.1) is 0 Å². The van der Waals surface area contributed by atoms with Crippen molar-refractivity contribution in [1.29, 1.82) is 0 Å². The molecular formula is C44H34N2Se2. The topological polar surface area (TPSA) is 9.86 Å². The van der Waals surface area contributed by atoms with Gasteiger partial charge < -0.3 is 0 Å². The molecule has 6 aromatic carbocycles. The average Bonchev–Trinajstić information content (AvgIpc) is 3.84. The van der Waals surface area contributed by atoms with Gasteiger partial charge in [-0.15, -0.1) is 0 Å². The van der Waals surface area contributed by atoms with Crippen LogP contribution in [0.25, 0.3) is 82.8 Å². The van der Waals surface area contributed by atoms with Gasteiger partial charge in [0.25, 0.3) is 0 Å². The van der Waals surface area contributed by atoms with Crippen molar-refractivity contribution < 1.29 is 0 Å². The molecule has 10 aromatic rings. The van der Waals surface area contributed by atoms with Crippen molar-refractivity contribution in [2.24, 2.45) is 0 Å². The summed E-state index contributed by atoms with van der Waals surface area (Å²) in [4.78, 5) is 0. The predicted octanol–water partition coefficient (Wildman–Crippen LogP) is 11.7. The van der Waals surface area contributed by atoms with E-state index in [4.69, 9.17) is 0 Å². The number of benzene rings is 6. The van der Waals surface area contributed by atoms with E-state index in [0.29, 0.717) is 40.8 Å². The number of aromatic nitrogens is 2. The van der Waals surface area contributed by atoms with E-state index in [-0.39, 0.29) is 0 Å². The summed E-state index contributed by atoms with van der Waals surface area (Å²) in [5, 5.41) is 9.75. The van der Waals surface area contributed by atoms with E-state index in [1.807, 2.05) is 0 Å². The Hall–Kier alpha value is -4.30. The molecule has 0 aliphatic carbocycles. The normalized spacial score (nSPS) is 12.5.